The lowest BCUT2D eigenvalue weighted by Crippen LogP contribution is -2.34. The fourth-order valence-corrected chi connectivity index (χ4v) is 3.09. The summed E-state index contributed by atoms with van der Waals surface area (Å²) in [6, 6.07) is 1.86. The van der Waals surface area contributed by atoms with Gasteiger partial charge in [0, 0.05) is 6.54 Å². The van der Waals surface area contributed by atoms with Crippen LogP contribution in [-0.2, 0) is 10.0 Å². The molecule has 0 aliphatic carbocycles. The van der Waals surface area contributed by atoms with Gasteiger partial charge in [0.25, 0.3) is 0 Å². The molecule has 1 unspecified atom stereocenters. The summed E-state index contributed by atoms with van der Waals surface area (Å²) >= 11 is 0. The molecule has 0 saturated heterocycles. The van der Waals surface area contributed by atoms with Crippen molar-refractivity contribution >= 4 is 10.0 Å². The van der Waals surface area contributed by atoms with Crippen LogP contribution in [0, 0.1) is 11.3 Å². The number of nitrogens with zero attached hydrogens (tertiary/aromatic N) is 1. The Kier molecular flexibility index (Phi) is 9.99. The van der Waals surface area contributed by atoms with Crippen molar-refractivity contribution in [3.8, 4) is 6.07 Å². The SMILES string of the molecule is CCCCCCCCNS(=O)(=O)C(C#N)CCC. The number of rotatable bonds is 11. The molecule has 1 N–H and O–H groups in total. The molecule has 0 aliphatic heterocycles. The Balaban J connectivity index is 3.80. The predicted molar refractivity (Wildman–Crippen MR) is 74.6 cm³/mol. The first-order chi connectivity index (χ1) is 8.58. The first-order valence-corrected chi connectivity index (χ1v) is 8.51. The maximum Gasteiger partial charge on any atom is 0.227 e. The van der Waals surface area contributed by atoms with Crippen LogP contribution in [0.5, 0.6) is 0 Å². The largest absolute Gasteiger partial charge is 0.227 e. The Morgan fingerprint density at radius 2 is 1.67 bits per heavy atom. The molecule has 0 amide bonds. The molecule has 1 atom stereocenters. The molecule has 0 rings (SSSR count). The Hall–Kier alpha value is -0.600. The lowest BCUT2D eigenvalue weighted by atomic mass is 10.1. The van der Waals surface area contributed by atoms with Crippen molar-refractivity contribution in [3.05, 3.63) is 0 Å². The molecule has 0 radical (unpaired) electrons. The van der Waals surface area contributed by atoms with Gasteiger partial charge in [-0.2, -0.15) is 5.26 Å². The molecule has 0 aromatic heterocycles. The fraction of sp³-hybridized carbons (Fsp3) is 0.923. The number of nitriles is 1. The summed E-state index contributed by atoms with van der Waals surface area (Å²) in [4.78, 5) is 0. The van der Waals surface area contributed by atoms with E-state index in [0.717, 1.165) is 19.3 Å². The first kappa shape index (κ1) is 17.4. The third-order valence-corrected chi connectivity index (χ3v) is 4.60. The predicted octanol–water partition coefficient (Wildman–Crippen LogP) is 2.96. The van der Waals surface area contributed by atoms with E-state index in [4.69, 9.17) is 5.26 Å². The number of sulfonamides is 1. The maximum absolute atomic E-state index is 11.8. The zero-order valence-electron chi connectivity index (χ0n) is 11.6. The van der Waals surface area contributed by atoms with Crippen LogP contribution in [0.3, 0.4) is 0 Å². The molecule has 4 nitrogen and oxygen atoms in total. The van der Waals surface area contributed by atoms with Crippen LogP contribution in [0.4, 0.5) is 0 Å². The average molecular weight is 274 g/mol. The van der Waals surface area contributed by atoms with Gasteiger partial charge in [-0.05, 0) is 12.8 Å². The summed E-state index contributed by atoms with van der Waals surface area (Å²) in [6.07, 6.45) is 7.86. The molecule has 0 spiro atoms. The first-order valence-electron chi connectivity index (χ1n) is 6.96. The van der Waals surface area contributed by atoms with Gasteiger partial charge in [0.1, 0.15) is 0 Å². The van der Waals surface area contributed by atoms with Crippen LogP contribution in [0.25, 0.3) is 0 Å². The van der Waals surface area contributed by atoms with Crippen LogP contribution in [0.15, 0.2) is 0 Å². The van der Waals surface area contributed by atoms with Crippen molar-refractivity contribution in [1.82, 2.24) is 4.72 Å². The van der Waals surface area contributed by atoms with Crippen molar-refractivity contribution in [2.75, 3.05) is 6.54 Å². The van der Waals surface area contributed by atoms with Crippen molar-refractivity contribution in [1.29, 1.82) is 5.26 Å². The summed E-state index contributed by atoms with van der Waals surface area (Å²) < 4.78 is 26.0. The number of unbranched alkanes of at least 4 members (excludes halogenated alkanes) is 5. The molecule has 18 heavy (non-hydrogen) atoms. The highest BCUT2D eigenvalue weighted by Gasteiger charge is 2.23. The molecule has 0 aliphatic rings. The van der Waals surface area contributed by atoms with Gasteiger partial charge < -0.3 is 0 Å². The Morgan fingerprint density at radius 1 is 1.06 bits per heavy atom. The Bertz CT molecular complexity index is 333. The van der Waals surface area contributed by atoms with Crippen LogP contribution in [0.2, 0.25) is 0 Å². The van der Waals surface area contributed by atoms with Crippen molar-refractivity contribution < 1.29 is 8.42 Å². The highest BCUT2D eigenvalue weighted by molar-refractivity contribution is 7.90. The van der Waals surface area contributed by atoms with E-state index in [9.17, 15) is 8.42 Å². The normalized spacial score (nSPS) is 13.2. The molecule has 0 fully saturated rings. The van der Waals surface area contributed by atoms with Gasteiger partial charge in [-0.3, -0.25) is 0 Å². The van der Waals surface area contributed by atoms with E-state index in [1.54, 1.807) is 0 Å². The van der Waals surface area contributed by atoms with Gasteiger partial charge >= 0.3 is 0 Å². The van der Waals surface area contributed by atoms with E-state index in [2.05, 4.69) is 11.6 Å². The van der Waals surface area contributed by atoms with Gasteiger partial charge in [-0.15, -0.1) is 0 Å². The highest BCUT2D eigenvalue weighted by atomic mass is 32.2. The lowest BCUT2D eigenvalue weighted by Gasteiger charge is -2.10. The topological polar surface area (TPSA) is 70.0 Å². The molecule has 0 aromatic rings. The summed E-state index contributed by atoms with van der Waals surface area (Å²) in [5.74, 6) is 0. The number of hydrogen-bond acceptors (Lipinski definition) is 3. The number of nitrogens with one attached hydrogen (secondary N) is 1. The smallest absolute Gasteiger partial charge is 0.214 e. The molecular weight excluding hydrogens is 248 g/mol. The van der Waals surface area contributed by atoms with Crippen LogP contribution < -0.4 is 4.72 Å². The molecule has 0 aromatic carbocycles. The van der Waals surface area contributed by atoms with E-state index in [-0.39, 0.29) is 0 Å². The summed E-state index contributed by atoms with van der Waals surface area (Å²) in [6.45, 7) is 4.51. The second kappa shape index (κ2) is 10.3. The molecule has 0 saturated carbocycles. The van der Waals surface area contributed by atoms with Gasteiger partial charge in [0.2, 0.25) is 10.0 Å². The summed E-state index contributed by atoms with van der Waals surface area (Å²) in [5, 5.41) is 7.92. The van der Waals surface area contributed by atoms with E-state index in [1.165, 1.54) is 19.3 Å². The van der Waals surface area contributed by atoms with Crippen LogP contribution >= 0.6 is 0 Å². The minimum Gasteiger partial charge on any atom is -0.214 e. The lowest BCUT2D eigenvalue weighted by molar-refractivity contribution is 0.558. The Morgan fingerprint density at radius 3 is 2.22 bits per heavy atom. The second-order valence-corrected chi connectivity index (χ2v) is 6.56. The second-order valence-electron chi connectivity index (χ2n) is 4.61. The minimum atomic E-state index is -3.44. The van der Waals surface area contributed by atoms with Gasteiger partial charge in [-0.25, -0.2) is 13.1 Å². The van der Waals surface area contributed by atoms with Crippen LogP contribution in [-0.4, -0.2) is 20.2 Å². The summed E-state index contributed by atoms with van der Waals surface area (Å²) in [5.41, 5.74) is 0. The quantitative estimate of drug-likeness (QED) is 0.589. The van der Waals surface area contributed by atoms with Crippen molar-refractivity contribution in [2.45, 2.75) is 70.5 Å². The standard InChI is InChI=1S/C13H26N2O2S/c1-3-5-6-7-8-9-11-15-18(16,17)13(12-14)10-4-2/h13,15H,3-11H2,1-2H3. The third-order valence-electron chi connectivity index (χ3n) is 2.90. The fourth-order valence-electron chi connectivity index (χ4n) is 1.77. The number of hydrogen-bond donors (Lipinski definition) is 1. The highest BCUT2D eigenvalue weighted by Crippen LogP contribution is 2.07. The molecule has 0 heterocycles. The Labute approximate surface area is 112 Å². The molecule has 5 heteroatoms. The minimum absolute atomic E-state index is 0.405. The van der Waals surface area contributed by atoms with Crippen LogP contribution in [0.1, 0.15) is 65.2 Å². The zero-order chi connectivity index (χ0) is 13.9. The molecular formula is C13H26N2O2S. The van der Waals surface area contributed by atoms with Crippen molar-refractivity contribution in [3.63, 3.8) is 0 Å². The van der Waals surface area contributed by atoms with E-state index in [1.807, 2.05) is 13.0 Å². The average Bonchev–Trinajstić information content (AvgIpc) is 2.34. The zero-order valence-corrected chi connectivity index (χ0v) is 12.4. The van der Waals surface area contributed by atoms with Gasteiger partial charge in [0.15, 0.2) is 5.25 Å². The molecule has 0 bridgehead atoms. The maximum atomic E-state index is 11.8. The molecule has 106 valence electrons. The third kappa shape index (κ3) is 7.67. The van der Waals surface area contributed by atoms with Gasteiger partial charge in [0.05, 0.1) is 6.07 Å². The van der Waals surface area contributed by atoms with Gasteiger partial charge in [-0.1, -0.05) is 52.4 Å². The van der Waals surface area contributed by atoms with Crippen molar-refractivity contribution in [2.24, 2.45) is 0 Å². The van der Waals surface area contributed by atoms with E-state index < -0.39 is 15.3 Å². The summed E-state index contributed by atoms with van der Waals surface area (Å²) in [7, 11) is -3.44. The van der Waals surface area contributed by atoms with E-state index in [0.29, 0.717) is 19.4 Å². The monoisotopic (exact) mass is 274 g/mol. The van der Waals surface area contributed by atoms with E-state index >= 15 is 0 Å².